The number of aliphatic hydroxyl groups excluding tert-OH is 1. The monoisotopic (exact) mass is 153 g/mol. The van der Waals surface area contributed by atoms with E-state index in [0.29, 0.717) is 18.0 Å². The van der Waals surface area contributed by atoms with Gasteiger partial charge in [-0.05, 0) is 18.8 Å². The molecule has 2 unspecified atom stereocenters. The quantitative estimate of drug-likeness (QED) is 0.451. The molecule has 0 fully saturated rings. The lowest BCUT2D eigenvalue weighted by Gasteiger charge is -2.20. The zero-order valence-electron chi connectivity index (χ0n) is 6.45. The van der Waals surface area contributed by atoms with E-state index in [9.17, 15) is 9.90 Å². The van der Waals surface area contributed by atoms with Gasteiger partial charge in [0.15, 0.2) is 0 Å². The minimum Gasteiger partial charge on any atom is -0.387 e. The standard InChI is InChI=1S/C8H11NO2/c1-6-2-3-7(9-5-10)8(11)4-6/h3,6,8,11H,2,4H2,1H3. The number of allylic oxidation sites excluding steroid dienone is 1. The number of hydrogen-bond donors (Lipinski definition) is 1. The predicted molar refractivity (Wildman–Crippen MR) is 40.6 cm³/mol. The van der Waals surface area contributed by atoms with E-state index in [1.54, 1.807) is 6.08 Å². The van der Waals surface area contributed by atoms with Gasteiger partial charge in [-0.25, -0.2) is 4.79 Å². The van der Waals surface area contributed by atoms with Crippen LogP contribution in [0.4, 0.5) is 0 Å². The molecule has 0 aliphatic heterocycles. The van der Waals surface area contributed by atoms with Crippen molar-refractivity contribution in [2.24, 2.45) is 10.9 Å². The summed E-state index contributed by atoms with van der Waals surface area (Å²) >= 11 is 0. The van der Waals surface area contributed by atoms with Crippen LogP contribution in [0, 0.1) is 5.92 Å². The van der Waals surface area contributed by atoms with Crippen LogP contribution in [0.25, 0.3) is 0 Å². The fourth-order valence-electron chi connectivity index (χ4n) is 1.23. The van der Waals surface area contributed by atoms with Gasteiger partial charge in [0, 0.05) is 0 Å². The van der Waals surface area contributed by atoms with Crippen molar-refractivity contribution < 1.29 is 9.90 Å². The molecule has 3 nitrogen and oxygen atoms in total. The molecule has 1 rings (SSSR count). The van der Waals surface area contributed by atoms with Gasteiger partial charge in [0.2, 0.25) is 6.08 Å². The lowest BCUT2D eigenvalue weighted by molar-refractivity contribution is 0.169. The van der Waals surface area contributed by atoms with Gasteiger partial charge in [-0.1, -0.05) is 13.0 Å². The van der Waals surface area contributed by atoms with Gasteiger partial charge in [-0.3, -0.25) is 0 Å². The topological polar surface area (TPSA) is 49.7 Å². The van der Waals surface area contributed by atoms with E-state index >= 15 is 0 Å². The molecular formula is C8H11NO2. The van der Waals surface area contributed by atoms with Gasteiger partial charge in [0.1, 0.15) is 0 Å². The minimum absolute atomic E-state index is 0.470. The highest BCUT2D eigenvalue weighted by atomic mass is 16.3. The number of rotatable bonds is 1. The normalized spacial score (nSPS) is 30.5. The molecule has 0 bridgehead atoms. The molecule has 0 amide bonds. The van der Waals surface area contributed by atoms with Crippen molar-refractivity contribution in [3.63, 3.8) is 0 Å². The summed E-state index contributed by atoms with van der Waals surface area (Å²) in [6.45, 7) is 2.06. The average molecular weight is 153 g/mol. The molecule has 1 aliphatic rings. The molecule has 2 atom stereocenters. The van der Waals surface area contributed by atoms with Crippen LogP contribution < -0.4 is 0 Å². The van der Waals surface area contributed by atoms with Gasteiger partial charge >= 0.3 is 0 Å². The molecule has 0 saturated heterocycles. The molecule has 1 aliphatic carbocycles. The van der Waals surface area contributed by atoms with Crippen molar-refractivity contribution in [3.05, 3.63) is 11.8 Å². The van der Waals surface area contributed by atoms with Crippen LogP contribution in [0.2, 0.25) is 0 Å². The first-order valence-electron chi connectivity index (χ1n) is 3.70. The van der Waals surface area contributed by atoms with Crippen molar-refractivity contribution in [3.8, 4) is 0 Å². The molecule has 3 heteroatoms. The van der Waals surface area contributed by atoms with E-state index in [1.807, 2.05) is 0 Å². The maximum absolute atomic E-state index is 9.86. The molecule has 0 aromatic heterocycles. The van der Waals surface area contributed by atoms with E-state index in [2.05, 4.69) is 11.9 Å². The molecule has 0 aromatic rings. The Morgan fingerprint density at radius 2 is 2.55 bits per heavy atom. The van der Waals surface area contributed by atoms with E-state index in [0.717, 1.165) is 6.42 Å². The summed E-state index contributed by atoms with van der Waals surface area (Å²) in [6.07, 6.45) is 4.23. The maximum Gasteiger partial charge on any atom is 0.240 e. The first kappa shape index (κ1) is 8.18. The average Bonchev–Trinajstić information content (AvgIpc) is 1.95. The van der Waals surface area contributed by atoms with Gasteiger partial charge in [-0.15, -0.1) is 0 Å². The van der Waals surface area contributed by atoms with Gasteiger partial charge in [-0.2, -0.15) is 4.99 Å². The lowest BCUT2D eigenvalue weighted by Crippen LogP contribution is -2.17. The Balaban J connectivity index is 2.72. The first-order chi connectivity index (χ1) is 5.24. The molecule has 60 valence electrons. The predicted octanol–water partition coefficient (Wildman–Crippen LogP) is 0.997. The minimum atomic E-state index is -0.569. The van der Waals surface area contributed by atoms with Crippen LogP contribution in [-0.2, 0) is 4.79 Å². The van der Waals surface area contributed by atoms with Crippen molar-refractivity contribution in [1.29, 1.82) is 0 Å². The smallest absolute Gasteiger partial charge is 0.240 e. The van der Waals surface area contributed by atoms with E-state index < -0.39 is 6.10 Å². The van der Waals surface area contributed by atoms with E-state index in [1.165, 1.54) is 6.08 Å². The summed E-state index contributed by atoms with van der Waals surface area (Å²) in [4.78, 5) is 13.3. The SMILES string of the molecule is CC1CC=C(N=C=O)C(O)C1. The van der Waals surface area contributed by atoms with Gasteiger partial charge in [0.05, 0.1) is 11.8 Å². The Labute approximate surface area is 65.4 Å². The molecule has 11 heavy (non-hydrogen) atoms. The molecular weight excluding hydrogens is 142 g/mol. The van der Waals surface area contributed by atoms with Crippen molar-refractivity contribution >= 4 is 6.08 Å². The van der Waals surface area contributed by atoms with Crippen molar-refractivity contribution in [1.82, 2.24) is 0 Å². The Kier molecular flexibility index (Phi) is 2.58. The number of aliphatic hydroxyl groups is 1. The molecule has 0 spiro atoms. The Hall–Kier alpha value is -0.920. The Bertz CT molecular complexity index is 216. The van der Waals surface area contributed by atoms with Crippen molar-refractivity contribution in [2.75, 3.05) is 0 Å². The number of carbonyl (C=O) groups excluding carboxylic acids is 1. The third kappa shape index (κ3) is 2.00. The first-order valence-corrected chi connectivity index (χ1v) is 3.70. The highest BCUT2D eigenvalue weighted by molar-refractivity contribution is 5.38. The number of aliphatic imine (C=N–C) groups is 1. The van der Waals surface area contributed by atoms with Crippen LogP contribution in [-0.4, -0.2) is 17.3 Å². The second-order valence-corrected chi connectivity index (χ2v) is 2.92. The maximum atomic E-state index is 9.86. The largest absolute Gasteiger partial charge is 0.387 e. The van der Waals surface area contributed by atoms with Crippen LogP contribution in [0.1, 0.15) is 19.8 Å². The summed E-state index contributed by atoms with van der Waals surface area (Å²) in [5.41, 5.74) is 0.470. The number of isocyanates is 1. The number of hydrogen-bond acceptors (Lipinski definition) is 3. The summed E-state index contributed by atoms with van der Waals surface area (Å²) in [5, 5.41) is 9.33. The molecule has 1 N–H and O–H groups in total. The van der Waals surface area contributed by atoms with Gasteiger partial charge < -0.3 is 5.11 Å². The third-order valence-corrected chi connectivity index (χ3v) is 1.87. The highest BCUT2D eigenvalue weighted by Gasteiger charge is 2.18. The summed E-state index contributed by atoms with van der Waals surface area (Å²) < 4.78 is 0. The summed E-state index contributed by atoms with van der Waals surface area (Å²) in [6, 6.07) is 0. The molecule has 0 aromatic carbocycles. The van der Waals surface area contributed by atoms with Crippen LogP contribution in [0.5, 0.6) is 0 Å². The third-order valence-electron chi connectivity index (χ3n) is 1.87. The second kappa shape index (κ2) is 3.46. The van der Waals surface area contributed by atoms with Crippen LogP contribution in [0.3, 0.4) is 0 Å². The zero-order chi connectivity index (χ0) is 8.27. The molecule has 0 heterocycles. The lowest BCUT2D eigenvalue weighted by atomic mass is 9.92. The Morgan fingerprint density at radius 1 is 1.82 bits per heavy atom. The Morgan fingerprint density at radius 3 is 3.09 bits per heavy atom. The summed E-state index contributed by atoms with van der Waals surface area (Å²) in [5.74, 6) is 0.482. The van der Waals surface area contributed by atoms with Gasteiger partial charge in [0.25, 0.3) is 0 Å². The fraction of sp³-hybridized carbons (Fsp3) is 0.625. The number of nitrogens with zero attached hydrogens (tertiary/aromatic N) is 1. The van der Waals surface area contributed by atoms with E-state index in [-0.39, 0.29) is 0 Å². The van der Waals surface area contributed by atoms with Crippen molar-refractivity contribution in [2.45, 2.75) is 25.9 Å². The van der Waals surface area contributed by atoms with Crippen LogP contribution in [0.15, 0.2) is 16.8 Å². The fourth-order valence-corrected chi connectivity index (χ4v) is 1.23. The second-order valence-electron chi connectivity index (χ2n) is 2.92. The molecule has 0 radical (unpaired) electrons. The van der Waals surface area contributed by atoms with Crippen LogP contribution >= 0.6 is 0 Å². The molecule has 0 saturated carbocycles. The van der Waals surface area contributed by atoms with E-state index in [4.69, 9.17) is 0 Å². The highest BCUT2D eigenvalue weighted by Crippen LogP contribution is 2.23. The summed E-state index contributed by atoms with van der Waals surface area (Å²) in [7, 11) is 0. The zero-order valence-corrected chi connectivity index (χ0v) is 6.45.